The van der Waals surface area contributed by atoms with Gasteiger partial charge in [-0.05, 0) is 51.8 Å². The van der Waals surface area contributed by atoms with E-state index in [1.165, 1.54) is 0 Å². The lowest BCUT2D eigenvalue weighted by atomic mass is 9.98. The number of hydrogen-bond acceptors (Lipinski definition) is 8. The summed E-state index contributed by atoms with van der Waals surface area (Å²) < 4.78 is 40.4. The zero-order chi connectivity index (χ0) is 22.4. The Kier molecular flexibility index (Phi) is 5.91. The SMILES string of the molecule is COc1ccc(CCNC(=O)[C@H]2O[C@@H]3OC(C)(C)O[C@@H]3[C@H]3OC(C)(C)O[C@H]32)cc1OC. The Morgan fingerprint density at radius 1 is 0.935 bits per heavy atom. The van der Waals surface area contributed by atoms with Crippen LogP contribution in [0.25, 0.3) is 0 Å². The van der Waals surface area contributed by atoms with Crippen LogP contribution in [-0.2, 0) is 34.9 Å². The highest BCUT2D eigenvalue weighted by molar-refractivity contribution is 5.81. The minimum Gasteiger partial charge on any atom is -0.493 e. The topological polar surface area (TPSA) is 93.7 Å². The van der Waals surface area contributed by atoms with Gasteiger partial charge in [0.1, 0.15) is 18.3 Å². The van der Waals surface area contributed by atoms with E-state index in [1.807, 2.05) is 45.9 Å². The first-order valence-electron chi connectivity index (χ1n) is 10.5. The average molecular weight is 437 g/mol. The second kappa shape index (κ2) is 8.22. The maximum Gasteiger partial charge on any atom is 0.252 e. The van der Waals surface area contributed by atoms with Gasteiger partial charge in [-0.25, -0.2) is 0 Å². The van der Waals surface area contributed by atoms with Crippen LogP contribution in [-0.4, -0.2) is 69.0 Å². The largest absolute Gasteiger partial charge is 0.493 e. The molecule has 0 aliphatic carbocycles. The fourth-order valence-corrected chi connectivity index (χ4v) is 4.29. The van der Waals surface area contributed by atoms with Gasteiger partial charge in [-0.3, -0.25) is 4.79 Å². The molecule has 3 aliphatic heterocycles. The molecule has 9 heteroatoms. The van der Waals surface area contributed by atoms with Crippen LogP contribution in [0.5, 0.6) is 11.5 Å². The molecule has 4 rings (SSSR count). The summed E-state index contributed by atoms with van der Waals surface area (Å²) in [5.74, 6) is -0.635. The van der Waals surface area contributed by atoms with Crippen LogP contribution in [0.15, 0.2) is 18.2 Å². The van der Waals surface area contributed by atoms with Gasteiger partial charge in [0.2, 0.25) is 0 Å². The van der Waals surface area contributed by atoms with E-state index in [1.54, 1.807) is 14.2 Å². The van der Waals surface area contributed by atoms with E-state index >= 15 is 0 Å². The number of carbonyl (C=O) groups excluding carboxylic acids is 1. The van der Waals surface area contributed by atoms with E-state index in [2.05, 4.69) is 5.32 Å². The molecule has 0 aromatic heterocycles. The number of hydrogen-bond donors (Lipinski definition) is 1. The van der Waals surface area contributed by atoms with Crippen LogP contribution in [0.1, 0.15) is 33.3 Å². The van der Waals surface area contributed by atoms with Gasteiger partial charge < -0.3 is 38.5 Å². The normalized spacial score (nSPS) is 32.8. The van der Waals surface area contributed by atoms with Gasteiger partial charge in [0.05, 0.1) is 14.2 Å². The van der Waals surface area contributed by atoms with E-state index in [4.69, 9.17) is 33.2 Å². The monoisotopic (exact) mass is 437 g/mol. The van der Waals surface area contributed by atoms with Crippen molar-refractivity contribution in [3.8, 4) is 11.5 Å². The van der Waals surface area contributed by atoms with E-state index in [0.29, 0.717) is 24.5 Å². The molecule has 3 fully saturated rings. The van der Waals surface area contributed by atoms with Crippen LogP contribution >= 0.6 is 0 Å². The molecule has 0 saturated carbocycles. The first kappa shape index (κ1) is 22.3. The molecule has 1 N–H and O–H groups in total. The van der Waals surface area contributed by atoms with Crippen molar-refractivity contribution in [2.45, 2.75) is 76.4 Å². The molecule has 5 atom stereocenters. The number of amides is 1. The fourth-order valence-electron chi connectivity index (χ4n) is 4.29. The summed E-state index contributed by atoms with van der Waals surface area (Å²) >= 11 is 0. The summed E-state index contributed by atoms with van der Waals surface area (Å²) in [6.45, 7) is 7.67. The Hall–Kier alpha value is -1.91. The maximum atomic E-state index is 13.0. The standard InChI is InChI=1S/C22H31NO8/c1-21(2)28-15-16(29-21)18-20(31-22(3,4)30-18)27-17(15)19(24)23-10-9-12-7-8-13(25-5)14(11-12)26-6/h7-8,11,15-18,20H,9-10H2,1-6H3,(H,23,24)/t15-,16+,17+,18-,20-/m1/s1. The van der Waals surface area contributed by atoms with Crippen molar-refractivity contribution in [1.82, 2.24) is 5.32 Å². The molecule has 0 bridgehead atoms. The smallest absolute Gasteiger partial charge is 0.252 e. The van der Waals surface area contributed by atoms with Gasteiger partial charge in [-0.2, -0.15) is 0 Å². The number of benzene rings is 1. The lowest BCUT2D eigenvalue weighted by Gasteiger charge is -2.36. The van der Waals surface area contributed by atoms with Crippen LogP contribution in [0, 0.1) is 0 Å². The first-order chi connectivity index (χ1) is 14.6. The third-order valence-corrected chi connectivity index (χ3v) is 5.57. The van der Waals surface area contributed by atoms with Crippen LogP contribution in [0.4, 0.5) is 0 Å². The minimum absolute atomic E-state index is 0.275. The van der Waals surface area contributed by atoms with Crippen molar-refractivity contribution in [2.75, 3.05) is 20.8 Å². The minimum atomic E-state index is -0.865. The molecule has 0 spiro atoms. The number of carbonyl (C=O) groups is 1. The van der Waals surface area contributed by atoms with Crippen molar-refractivity contribution in [2.24, 2.45) is 0 Å². The Labute approximate surface area is 182 Å². The van der Waals surface area contributed by atoms with Gasteiger partial charge in [0.25, 0.3) is 5.91 Å². The van der Waals surface area contributed by atoms with Crippen molar-refractivity contribution in [3.63, 3.8) is 0 Å². The lowest BCUT2D eigenvalue weighted by Crippen LogP contribution is -2.59. The summed E-state index contributed by atoms with van der Waals surface area (Å²) in [5.41, 5.74) is 1.01. The third-order valence-electron chi connectivity index (χ3n) is 5.57. The van der Waals surface area contributed by atoms with Crippen molar-refractivity contribution < 1.29 is 38.0 Å². The van der Waals surface area contributed by atoms with Gasteiger partial charge in [-0.15, -0.1) is 0 Å². The van der Waals surface area contributed by atoms with Crippen molar-refractivity contribution >= 4 is 5.91 Å². The maximum absolute atomic E-state index is 13.0. The summed E-state index contributed by atoms with van der Waals surface area (Å²) in [6, 6.07) is 5.67. The zero-order valence-electron chi connectivity index (χ0n) is 18.8. The summed E-state index contributed by atoms with van der Waals surface area (Å²) in [4.78, 5) is 13.0. The molecular weight excluding hydrogens is 406 g/mol. The predicted octanol–water partition coefficient (Wildman–Crippen LogP) is 1.76. The molecular formula is C22H31NO8. The van der Waals surface area contributed by atoms with Gasteiger partial charge >= 0.3 is 0 Å². The molecule has 9 nitrogen and oxygen atoms in total. The third kappa shape index (κ3) is 4.51. The van der Waals surface area contributed by atoms with E-state index in [-0.39, 0.29) is 5.91 Å². The fraction of sp³-hybridized carbons (Fsp3) is 0.682. The van der Waals surface area contributed by atoms with Crippen LogP contribution in [0.3, 0.4) is 0 Å². The second-order valence-corrected chi connectivity index (χ2v) is 8.82. The summed E-state index contributed by atoms with van der Waals surface area (Å²) in [5, 5.41) is 2.94. The molecule has 3 heterocycles. The van der Waals surface area contributed by atoms with Gasteiger partial charge in [0.15, 0.2) is 35.5 Å². The molecule has 31 heavy (non-hydrogen) atoms. The average Bonchev–Trinajstić information content (AvgIpc) is 3.20. The van der Waals surface area contributed by atoms with Crippen molar-refractivity contribution in [1.29, 1.82) is 0 Å². The molecule has 0 radical (unpaired) electrons. The van der Waals surface area contributed by atoms with Gasteiger partial charge in [0, 0.05) is 6.54 Å². The highest BCUT2D eigenvalue weighted by Crippen LogP contribution is 2.44. The summed E-state index contributed by atoms with van der Waals surface area (Å²) in [7, 11) is 3.19. The second-order valence-electron chi connectivity index (χ2n) is 8.82. The zero-order valence-corrected chi connectivity index (χ0v) is 18.8. The number of nitrogens with one attached hydrogen (secondary N) is 1. The first-order valence-corrected chi connectivity index (χ1v) is 10.5. The molecule has 1 aromatic carbocycles. The number of methoxy groups -OCH3 is 2. The summed E-state index contributed by atoms with van der Waals surface area (Å²) in [6.07, 6.45) is -2.45. The van der Waals surface area contributed by atoms with E-state index < -0.39 is 42.3 Å². The highest BCUT2D eigenvalue weighted by atomic mass is 16.9. The quantitative estimate of drug-likeness (QED) is 0.720. The molecule has 1 aromatic rings. The highest BCUT2D eigenvalue weighted by Gasteiger charge is 2.62. The Morgan fingerprint density at radius 3 is 2.29 bits per heavy atom. The van der Waals surface area contributed by atoms with Crippen molar-refractivity contribution in [3.05, 3.63) is 23.8 Å². The molecule has 1 amide bonds. The molecule has 3 aliphatic rings. The predicted molar refractivity (Wildman–Crippen MR) is 109 cm³/mol. The van der Waals surface area contributed by atoms with Gasteiger partial charge in [-0.1, -0.05) is 6.07 Å². The number of fused-ring (bicyclic) bond motifs is 3. The Morgan fingerprint density at radius 2 is 1.58 bits per heavy atom. The Balaban J connectivity index is 1.41. The molecule has 0 unspecified atom stereocenters. The van der Waals surface area contributed by atoms with E-state index in [9.17, 15) is 4.79 Å². The van der Waals surface area contributed by atoms with Crippen LogP contribution in [0.2, 0.25) is 0 Å². The molecule has 172 valence electrons. The van der Waals surface area contributed by atoms with Crippen LogP contribution < -0.4 is 14.8 Å². The lowest BCUT2D eigenvalue weighted by molar-refractivity contribution is -0.231. The van der Waals surface area contributed by atoms with E-state index in [0.717, 1.165) is 5.56 Å². The number of rotatable bonds is 6. The Bertz CT molecular complexity index is 826. The molecule has 3 saturated heterocycles. The number of ether oxygens (including phenoxy) is 7.